The molecule has 0 spiro atoms. The van der Waals surface area contributed by atoms with Gasteiger partial charge in [0.25, 0.3) is 0 Å². The zero-order valence-electron chi connectivity index (χ0n) is 18.2. The number of aromatic nitrogens is 1. The van der Waals surface area contributed by atoms with Crippen LogP contribution >= 0.6 is 0 Å². The number of rotatable bonds is 8. The molecule has 0 unspecified atom stereocenters. The van der Waals surface area contributed by atoms with Crippen molar-refractivity contribution < 1.29 is 9.21 Å². The summed E-state index contributed by atoms with van der Waals surface area (Å²) < 4.78 is 6.74. The summed E-state index contributed by atoms with van der Waals surface area (Å²) in [5.41, 5.74) is 4.35. The molecule has 1 aliphatic carbocycles. The van der Waals surface area contributed by atoms with E-state index in [4.69, 9.17) is 4.42 Å². The fraction of sp³-hybridized carbons (Fsp3) is 0.440. The maximum atomic E-state index is 12.4. The van der Waals surface area contributed by atoms with Crippen LogP contribution in [0.3, 0.4) is 0 Å². The van der Waals surface area contributed by atoms with Gasteiger partial charge in [-0.05, 0) is 55.5 Å². The van der Waals surface area contributed by atoms with E-state index in [9.17, 15) is 9.59 Å². The molecule has 2 aromatic carbocycles. The minimum Gasteiger partial charge on any atom is -0.408 e. The Morgan fingerprint density at radius 1 is 1.03 bits per heavy atom. The van der Waals surface area contributed by atoms with E-state index in [2.05, 4.69) is 22.8 Å². The van der Waals surface area contributed by atoms with Crippen LogP contribution in [0.15, 0.2) is 51.7 Å². The number of nitrogens with zero attached hydrogens (tertiary/aromatic N) is 1. The third-order valence-electron chi connectivity index (χ3n) is 6.14. The molecule has 6 heteroatoms. The first-order valence-electron chi connectivity index (χ1n) is 11.3. The van der Waals surface area contributed by atoms with Gasteiger partial charge in [-0.15, -0.1) is 0 Å². The van der Waals surface area contributed by atoms with Gasteiger partial charge in [-0.25, -0.2) is 4.79 Å². The minimum absolute atomic E-state index is 0.0498. The number of benzene rings is 2. The Kier molecular flexibility index (Phi) is 6.87. The van der Waals surface area contributed by atoms with Gasteiger partial charge in [0, 0.05) is 13.1 Å². The van der Waals surface area contributed by atoms with Crippen LogP contribution in [0.25, 0.3) is 22.2 Å². The lowest BCUT2D eigenvalue weighted by atomic mass is 9.89. The molecular weight excluding hydrogens is 390 g/mol. The number of carbonyl (C=O) groups is 1. The molecule has 3 aromatic rings. The summed E-state index contributed by atoms with van der Waals surface area (Å²) in [5.74, 6) is 0.0645. The van der Waals surface area contributed by atoms with Crippen molar-refractivity contribution in [3.8, 4) is 11.1 Å². The predicted octanol–water partition coefficient (Wildman–Crippen LogP) is 3.86. The Labute approximate surface area is 182 Å². The second-order valence-electron chi connectivity index (χ2n) is 8.56. The summed E-state index contributed by atoms with van der Waals surface area (Å²) in [6, 6.07) is 13.8. The normalized spacial score (nSPS) is 14.7. The van der Waals surface area contributed by atoms with Crippen molar-refractivity contribution in [2.24, 2.45) is 5.92 Å². The fourth-order valence-electron chi connectivity index (χ4n) is 4.32. The van der Waals surface area contributed by atoms with E-state index >= 15 is 0 Å². The van der Waals surface area contributed by atoms with Crippen molar-refractivity contribution in [3.63, 3.8) is 0 Å². The average Bonchev–Trinajstić information content (AvgIpc) is 3.09. The van der Waals surface area contributed by atoms with E-state index in [0.29, 0.717) is 17.6 Å². The van der Waals surface area contributed by atoms with Gasteiger partial charge in [-0.2, -0.15) is 0 Å². The van der Waals surface area contributed by atoms with Crippen molar-refractivity contribution in [2.75, 3.05) is 19.6 Å². The van der Waals surface area contributed by atoms with E-state index < -0.39 is 5.76 Å². The largest absolute Gasteiger partial charge is 0.420 e. The highest BCUT2D eigenvalue weighted by Gasteiger charge is 2.14. The Hall–Kier alpha value is -2.86. The molecule has 0 radical (unpaired) electrons. The minimum atomic E-state index is -0.512. The van der Waals surface area contributed by atoms with E-state index in [0.717, 1.165) is 30.1 Å². The molecule has 164 valence electrons. The standard InChI is InChI=1S/C25H31N3O3/c1-18-7-9-20(10-8-18)21-11-12-23-22(15-21)28(25(30)31-23)17-24(29)27-14-13-26-16-19-5-3-2-4-6-19/h7-12,15,19,26H,2-6,13-14,16-17H2,1H3,(H,27,29). The molecule has 0 aliphatic heterocycles. The number of fused-ring (bicyclic) bond motifs is 1. The number of amides is 1. The second kappa shape index (κ2) is 9.96. The first-order valence-corrected chi connectivity index (χ1v) is 11.3. The van der Waals surface area contributed by atoms with Gasteiger partial charge >= 0.3 is 5.76 Å². The fourth-order valence-corrected chi connectivity index (χ4v) is 4.32. The number of carbonyl (C=O) groups excluding carboxylic acids is 1. The van der Waals surface area contributed by atoms with E-state index in [1.165, 1.54) is 42.2 Å². The van der Waals surface area contributed by atoms with Crippen LogP contribution in [-0.4, -0.2) is 30.1 Å². The van der Waals surface area contributed by atoms with Crippen LogP contribution in [0.1, 0.15) is 37.7 Å². The summed E-state index contributed by atoms with van der Waals surface area (Å²) in [7, 11) is 0. The molecular formula is C25H31N3O3. The second-order valence-corrected chi connectivity index (χ2v) is 8.56. The zero-order chi connectivity index (χ0) is 21.6. The Balaban J connectivity index is 1.35. The first-order chi connectivity index (χ1) is 15.1. The highest BCUT2D eigenvalue weighted by Crippen LogP contribution is 2.25. The smallest absolute Gasteiger partial charge is 0.408 e. The lowest BCUT2D eigenvalue weighted by molar-refractivity contribution is -0.121. The zero-order valence-corrected chi connectivity index (χ0v) is 18.2. The molecule has 31 heavy (non-hydrogen) atoms. The number of oxazole rings is 1. The quantitative estimate of drug-likeness (QED) is 0.542. The van der Waals surface area contributed by atoms with Crippen LogP contribution in [0.5, 0.6) is 0 Å². The topological polar surface area (TPSA) is 76.3 Å². The Morgan fingerprint density at radius 2 is 1.77 bits per heavy atom. The molecule has 1 amide bonds. The third kappa shape index (κ3) is 5.44. The average molecular weight is 422 g/mol. The van der Waals surface area contributed by atoms with Gasteiger partial charge in [0.1, 0.15) is 6.54 Å². The highest BCUT2D eigenvalue weighted by atomic mass is 16.4. The molecule has 6 nitrogen and oxygen atoms in total. The molecule has 1 saturated carbocycles. The molecule has 0 atom stereocenters. The maximum absolute atomic E-state index is 12.4. The highest BCUT2D eigenvalue weighted by molar-refractivity contribution is 5.83. The molecule has 1 aromatic heterocycles. The molecule has 0 saturated heterocycles. The maximum Gasteiger partial charge on any atom is 0.420 e. The number of hydrogen-bond donors (Lipinski definition) is 2. The van der Waals surface area contributed by atoms with Crippen molar-refractivity contribution in [3.05, 3.63) is 58.6 Å². The van der Waals surface area contributed by atoms with Crippen molar-refractivity contribution in [2.45, 2.75) is 45.6 Å². The van der Waals surface area contributed by atoms with Crippen LogP contribution < -0.4 is 16.4 Å². The Morgan fingerprint density at radius 3 is 2.55 bits per heavy atom. The summed E-state index contributed by atoms with van der Waals surface area (Å²) in [6.07, 6.45) is 6.65. The van der Waals surface area contributed by atoms with Gasteiger partial charge in [-0.1, -0.05) is 55.2 Å². The molecule has 4 rings (SSSR count). The van der Waals surface area contributed by atoms with E-state index in [1.807, 2.05) is 31.2 Å². The summed E-state index contributed by atoms with van der Waals surface area (Å²) >= 11 is 0. The molecule has 2 N–H and O–H groups in total. The van der Waals surface area contributed by atoms with Gasteiger partial charge < -0.3 is 15.1 Å². The van der Waals surface area contributed by atoms with Crippen molar-refractivity contribution >= 4 is 17.0 Å². The van der Waals surface area contributed by atoms with Crippen molar-refractivity contribution in [1.29, 1.82) is 0 Å². The number of hydrogen-bond acceptors (Lipinski definition) is 4. The van der Waals surface area contributed by atoms with E-state index in [-0.39, 0.29) is 12.5 Å². The number of nitrogens with one attached hydrogen (secondary N) is 2. The molecule has 1 fully saturated rings. The van der Waals surface area contributed by atoms with Gasteiger partial charge in [0.05, 0.1) is 5.52 Å². The van der Waals surface area contributed by atoms with Crippen LogP contribution in [-0.2, 0) is 11.3 Å². The van der Waals surface area contributed by atoms with Gasteiger partial charge in [-0.3, -0.25) is 9.36 Å². The third-order valence-corrected chi connectivity index (χ3v) is 6.14. The monoisotopic (exact) mass is 421 g/mol. The SMILES string of the molecule is Cc1ccc(-c2ccc3oc(=O)n(CC(=O)NCCNCC4CCCCC4)c3c2)cc1. The van der Waals surface area contributed by atoms with E-state index in [1.54, 1.807) is 6.07 Å². The Bertz CT molecular complexity index is 1080. The number of aryl methyl sites for hydroxylation is 1. The van der Waals surface area contributed by atoms with Crippen molar-refractivity contribution in [1.82, 2.24) is 15.2 Å². The summed E-state index contributed by atoms with van der Waals surface area (Å²) in [5, 5.41) is 6.34. The van der Waals surface area contributed by atoms with Gasteiger partial charge in [0.2, 0.25) is 5.91 Å². The first kappa shape index (κ1) is 21.4. The lowest BCUT2D eigenvalue weighted by Gasteiger charge is -2.21. The van der Waals surface area contributed by atoms with Gasteiger partial charge in [0.15, 0.2) is 5.58 Å². The molecule has 1 heterocycles. The summed E-state index contributed by atoms with van der Waals surface area (Å²) in [4.78, 5) is 24.7. The van der Waals surface area contributed by atoms with Crippen LogP contribution in [0, 0.1) is 12.8 Å². The summed E-state index contributed by atoms with van der Waals surface area (Å²) in [6.45, 7) is 4.30. The molecule has 1 aliphatic rings. The predicted molar refractivity (Wildman–Crippen MR) is 123 cm³/mol. The molecule has 0 bridgehead atoms. The van der Waals surface area contributed by atoms with Crippen LogP contribution in [0.2, 0.25) is 0 Å². The lowest BCUT2D eigenvalue weighted by Crippen LogP contribution is -2.36. The van der Waals surface area contributed by atoms with Crippen LogP contribution in [0.4, 0.5) is 0 Å².